The fraction of sp³-hybridized carbons (Fsp3) is 0.688. The van der Waals surface area contributed by atoms with E-state index in [1.807, 2.05) is 0 Å². The van der Waals surface area contributed by atoms with Crippen LogP contribution in [0, 0.1) is 19.8 Å². The molecule has 2 nitrogen and oxygen atoms in total. The van der Waals surface area contributed by atoms with Gasteiger partial charge in [0.2, 0.25) is 0 Å². The molecule has 102 valence electrons. The lowest BCUT2D eigenvalue weighted by atomic mass is 9.88. The Morgan fingerprint density at radius 1 is 1.06 bits per heavy atom. The number of aromatic nitrogens is 1. The van der Waals surface area contributed by atoms with Crippen LogP contribution in [-0.4, -0.2) is 11.5 Å². The van der Waals surface area contributed by atoms with Gasteiger partial charge in [0, 0.05) is 17.4 Å². The minimum absolute atomic E-state index is 0.473. The average molecular weight is 248 g/mol. The van der Waals surface area contributed by atoms with Gasteiger partial charge < -0.3 is 5.32 Å². The van der Waals surface area contributed by atoms with Crippen molar-refractivity contribution < 1.29 is 0 Å². The third-order valence-electron chi connectivity index (χ3n) is 3.60. The van der Waals surface area contributed by atoms with Crippen molar-refractivity contribution in [3.63, 3.8) is 0 Å². The first kappa shape index (κ1) is 15.2. The molecule has 18 heavy (non-hydrogen) atoms. The lowest BCUT2D eigenvalue weighted by Crippen LogP contribution is -2.28. The number of hydrogen-bond donors (Lipinski definition) is 1. The SMILES string of the molecule is CCCNC(c1cc(C)nc(C)c1)C(CC)CC. The highest BCUT2D eigenvalue weighted by Crippen LogP contribution is 2.28. The summed E-state index contributed by atoms with van der Waals surface area (Å²) in [6.07, 6.45) is 3.62. The van der Waals surface area contributed by atoms with Gasteiger partial charge in [-0.25, -0.2) is 0 Å². The Morgan fingerprint density at radius 3 is 2.06 bits per heavy atom. The van der Waals surface area contributed by atoms with Gasteiger partial charge in [0.1, 0.15) is 0 Å². The number of nitrogens with zero attached hydrogens (tertiary/aromatic N) is 1. The topological polar surface area (TPSA) is 24.9 Å². The lowest BCUT2D eigenvalue weighted by Gasteiger charge is -2.27. The molecule has 1 rings (SSSR count). The van der Waals surface area contributed by atoms with Crippen molar-refractivity contribution in [3.05, 3.63) is 29.1 Å². The molecule has 1 aromatic heterocycles. The lowest BCUT2D eigenvalue weighted by molar-refractivity contribution is 0.341. The summed E-state index contributed by atoms with van der Waals surface area (Å²) in [4.78, 5) is 4.48. The first-order chi connectivity index (χ1) is 8.62. The maximum absolute atomic E-state index is 4.48. The molecular formula is C16H28N2. The molecule has 0 spiro atoms. The number of hydrogen-bond acceptors (Lipinski definition) is 2. The highest BCUT2D eigenvalue weighted by atomic mass is 14.9. The van der Waals surface area contributed by atoms with Crippen molar-refractivity contribution in [1.29, 1.82) is 0 Å². The van der Waals surface area contributed by atoms with Crippen LogP contribution in [0.3, 0.4) is 0 Å². The summed E-state index contributed by atoms with van der Waals surface area (Å²) in [7, 11) is 0. The second-order valence-electron chi connectivity index (χ2n) is 5.19. The van der Waals surface area contributed by atoms with Gasteiger partial charge in [-0.3, -0.25) is 4.98 Å². The summed E-state index contributed by atoms with van der Waals surface area (Å²) in [5.41, 5.74) is 3.65. The number of nitrogens with one attached hydrogen (secondary N) is 1. The molecular weight excluding hydrogens is 220 g/mol. The molecule has 1 aromatic rings. The van der Waals surface area contributed by atoms with E-state index in [1.54, 1.807) is 0 Å². The molecule has 0 bridgehead atoms. The van der Waals surface area contributed by atoms with Crippen LogP contribution in [0.25, 0.3) is 0 Å². The number of aryl methyl sites for hydroxylation is 2. The third-order valence-corrected chi connectivity index (χ3v) is 3.60. The van der Waals surface area contributed by atoms with Crippen molar-refractivity contribution in [3.8, 4) is 0 Å². The molecule has 0 aliphatic carbocycles. The van der Waals surface area contributed by atoms with E-state index in [9.17, 15) is 0 Å². The predicted molar refractivity (Wildman–Crippen MR) is 78.8 cm³/mol. The van der Waals surface area contributed by atoms with Crippen molar-refractivity contribution in [2.45, 2.75) is 59.9 Å². The van der Waals surface area contributed by atoms with E-state index in [1.165, 1.54) is 24.8 Å². The third kappa shape index (κ3) is 4.09. The van der Waals surface area contributed by atoms with Gasteiger partial charge in [0.25, 0.3) is 0 Å². The van der Waals surface area contributed by atoms with Crippen molar-refractivity contribution >= 4 is 0 Å². The Hall–Kier alpha value is -0.890. The summed E-state index contributed by atoms with van der Waals surface area (Å²) >= 11 is 0. The highest BCUT2D eigenvalue weighted by molar-refractivity contribution is 5.24. The van der Waals surface area contributed by atoms with Crippen LogP contribution >= 0.6 is 0 Å². The monoisotopic (exact) mass is 248 g/mol. The van der Waals surface area contributed by atoms with E-state index in [4.69, 9.17) is 0 Å². The van der Waals surface area contributed by atoms with Crippen LogP contribution in [0.15, 0.2) is 12.1 Å². The average Bonchev–Trinajstić information content (AvgIpc) is 2.33. The standard InChI is InChI=1S/C16H28N2/c1-6-9-17-16(14(7-2)8-3)15-10-12(4)18-13(5)11-15/h10-11,14,16-17H,6-9H2,1-5H3. The van der Waals surface area contributed by atoms with Gasteiger partial charge >= 0.3 is 0 Å². The van der Waals surface area contributed by atoms with Gasteiger partial charge in [-0.15, -0.1) is 0 Å². The van der Waals surface area contributed by atoms with E-state index in [2.05, 4.69) is 57.1 Å². The van der Waals surface area contributed by atoms with Crippen LogP contribution in [0.4, 0.5) is 0 Å². The Bertz CT molecular complexity index is 336. The van der Waals surface area contributed by atoms with E-state index in [0.717, 1.165) is 17.9 Å². The van der Waals surface area contributed by atoms with Crippen LogP contribution in [0.1, 0.15) is 63.0 Å². The molecule has 1 N–H and O–H groups in total. The smallest absolute Gasteiger partial charge is 0.0379 e. The highest BCUT2D eigenvalue weighted by Gasteiger charge is 2.20. The molecule has 1 atom stereocenters. The Kier molecular flexibility index (Phi) is 6.34. The molecule has 2 heteroatoms. The summed E-state index contributed by atoms with van der Waals surface area (Å²) in [5, 5.41) is 3.71. The van der Waals surface area contributed by atoms with Crippen LogP contribution in [0.2, 0.25) is 0 Å². The molecule has 0 aliphatic heterocycles. The molecule has 0 radical (unpaired) electrons. The molecule has 0 saturated carbocycles. The van der Waals surface area contributed by atoms with Gasteiger partial charge in [-0.05, 0) is 50.4 Å². The normalized spacial score (nSPS) is 13.0. The Balaban J connectivity index is 2.99. The zero-order valence-corrected chi connectivity index (χ0v) is 12.6. The fourth-order valence-corrected chi connectivity index (χ4v) is 2.66. The molecule has 0 aromatic carbocycles. The quantitative estimate of drug-likeness (QED) is 0.783. The minimum atomic E-state index is 0.473. The van der Waals surface area contributed by atoms with Crippen molar-refractivity contribution in [2.75, 3.05) is 6.54 Å². The largest absolute Gasteiger partial charge is 0.310 e. The van der Waals surface area contributed by atoms with Gasteiger partial charge in [0.05, 0.1) is 0 Å². The number of rotatable bonds is 7. The molecule has 0 amide bonds. The van der Waals surface area contributed by atoms with E-state index in [0.29, 0.717) is 12.0 Å². The number of pyridine rings is 1. The van der Waals surface area contributed by atoms with Crippen LogP contribution < -0.4 is 5.32 Å². The van der Waals surface area contributed by atoms with Crippen molar-refractivity contribution in [1.82, 2.24) is 10.3 Å². The summed E-state index contributed by atoms with van der Waals surface area (Å²) in [6.45, 7) is 12.0. The van der Waals surface area contributed by atoms with Crippen LogP contribution in [-0.2, 0) is 0 Å². The minimum Gasteiger partial charge on any atom is -0.310 e. The second kappa shape index (κ2) is 7.52. The first-order valence-electron chi connectivity index (χ1n) is 7.30. The maximum Gasteiger partial charge on any atom is 0.0379 e. The zero-order chi connectivity index (χ0) is 13.5. The maximum atomic E-state index is 4.48. The summed E-state index contributed by atoms with van der Waals surface area (Å²) in [6, 6.07) is 4.94. The molecule has 1 unspecified atom stereocenters. The van der Waals surface area contributed by atoms with Gasteiger partial charge in [-0.2, -0.15) is 0 Å². The van der Waals surface area contributed by atoms with Gasteiger partial charge in [0.15, 0.2) is 0 Å². The zero-order valence-electron chi connectivity index (χ0n) is 12.6. The first-order valence-corrected chi connectivity index (χ1v) is 7.30. The molecule has 0 saturated heterocycles. The molecule has 0 fully saturated rings. The predicted octanol–water partition coefficient (Wildman–Crippen LogP) is 4.18. The van der Waals surface area contributed by atoms with Crippen molar-refractivity contribution in [2.24, 2.45) is 5.92 Å². The van der Waals surface area contributed by atoms with E-state index >= 15 is 0 Å². The fourth-order valence-electron chi connectivity index (χ4n) is 2.66. The summed E-state index contributed by atoms with van der Waals surface area (Å²) < 4.78 is 0. The molecule has 0 aliphatic rings. The Labute approximate surface area is 112 Å². The molecule has 1 heterocycles. The van der Waals surface area contributed by atoms with E-state index < -0.39 is 0 Å². The second-order valence-corrected chi connectivity index (χ2v) is 5.19. The van der Waals surface area contributed by atoms with E-state index in [-0.39, 0.29) is 0 Å². The van der Waals surface area contributed by atoms with Gasteiger partial charge in [-0.1, -0.05) is 33.6 Å². The van der Waals surface area contributed by atoms with Crippen LogP contribution in [0.5, 0.6) is 0 Å². The Morgan fingerprint density at radius 2 is 1.61 bits per heavy atom. The summed E-state index contributed by atoms with van der Waals surface area (Å²) in [5.74, 6) is 0.706.